The standard InChI is InChI=1S/C11H14BrNO/c12-10-7-8(14)4-5-9(10)11-3-1-2-6-13-11/h4-5,7,11,13-14H,1-3,6H2/t11-/m0/s1. The molecule has 1 saturated heterocycles. The molecule has 2 nitrogen and oxygen atoms in total. The van der Waals surface area contributed by atoms with E-state index in [0.717, 1.165) is 11.0 Å². The van der Waals surface area contributed by atoms with E-state index in [4.69, 9.17) is 0 Å². The van der Waals surface area contributed by atoms with E-state index in [2.05, 4.69) is 21.2 Å². The molecule has 2 rings (SSSR count). The molecule has 0 amide bonds. The van der Waals surface area contributed by atoms with E-state index in [9.17, 15) is 5.11 Å². The molecule has 0 spiro atoms. The van der Waals surface area contributed by atoms with Crippen molar-refractivity contribution in [3.8, 4) is 5.75 Å². The van der Waals surface area contributed by atoms with Crippen molar-refractivity contribution in [3.63, 3.8) is 0 Å². The lowest BCUT2D eigenvalue weighted by Crippen LogP contribution is -2.26. The third kappa shape index (κ3) is 2.10. The van der Waals surface area contributed by atoms with Gasteiger partial charge in [0.25, 0.3) is 0 Å². The third-order valence-corrected chi connectivity index (χ3v) is 3.36. The Kier molecular flexibility index (Phi) is 3.08. The lowest BCUT2D eigenvalue weighted by Gasteiger charge is -2.24. The van der Waals surface area contributed by atoms with Gasteiger partial charge in [0.1, 0.15) is 5.75 Å². The van der Waals surface area contributed by atoms with Gasteiger partial charge in [0.15, 0.2) is 0 Å². The second-order valence-corrected chi connectivity index (χ2v) is 4.56. The first-order valence-corrected chi connectivity index (χ1v) is 5.78. The fourth-order valence-electron chi connectivity index (χ4n) is 1.92. The summed E-state index contributed by atoms with van der Waals surface area (Å²) in [5, 5.41) is 12.8. The minimum atomic E-state index is 0.316. The zero-order chi connectivity index (χ0) is 9.97. The van der Waals surface area contributed by atoms with Gasteiger partial charge in [0.05, 0.1) is 0 Å². The van der Waals surface area contributed by atoms with Gasteiger partial charge in [-0.1, -0.05) is 28.4 Å². The summed E-state index contributed by atoms with van der Waals surface area (Å²) < 4.78 is 0.997. The van der Waals surface area contributed by atoms with Gasteiger partial charge in [0.2, 0.25) is 0 Å². The molecule has 3 heteroatoms. The summed E-state index contributed by atoms with van der Waals surface area (Å²) in [6.07, 6.45) is 3.74. The molecule has 0 unspecified atom stereocenters. The zero-order valence-electron chi connectivity index (χ0n) is 7.96. The molecule has 1 aromatic carbocycles. The van der Waals surface area contributed by atoms with Gasteiger partial charge in [-0.3, -0.25) is 0 Å². The monoisotopic (exact) mass is 255 g/mol. The minimum absolute atomic E-state index is 0.316. The van der Waals surface area contributed by atoms with Crippen molar-refractivity contribution in [3.05, 3.63) is 28.2 Å². The van der Waals surface area contributed by atoms with Crippen LogP contribution in [0.4, 0.5) is 0 Å². The van der Waals surface area contributed by atoms with E-state index in [1.54, 1.807) is 12.1 Å². The van der Waals surface area contributed by atoms with Crippen LogP contribution in [0, 0.1) is 0 Å². The Balaban J connectivity index is 2.22. The molecule has 1 aliphatic rings. The maximum Gasteiger partial charge on any atom is 0.116 e. The average molecular weight is 256 g/mol. The van der Waals surface area contributed by atoms with Gasteiger partial charge in [0, 0.05) is 10.5 Å². The summed E-state index contributed by atoms with van der Waals surface area (Å²) in [5.74, 6) is 0.316. The molecule has 0 radical (unpaired) electrons. The van der Waals surface area contributed by atoms with Crippen molar-refractivity contribution < 1.29 is 5.11 Å². The lowest BCUT2D eigenvalue weighted by atomic mass is 9.97. The van der Waals surface area contributed by atoms with Gasteiger partial charge in [-0.15, -0.1) is 0 Å². The Labute approximate surface area is 92.5 Å². The largest absolute Gasteiger partial charge is 0.508 e. The topological polar surface area (TPSA) is 32.3 Å². The van der Waals surface area contributed by atoms with Crippen LogP contribution in [0.1, 0.15) is 30.9 Å². The molecule has 76 valence electrons. The highest BCUT2D eigenvalue weighted by Gasteiger charge is 2.16. The highest BCUT2D eigenvalue weighted by molar-refractivity contribution is 9.10. The molecule has 1 heterocycles. The highest BCUT2D eigenvalue weighted by Crippen LogP contribution is 2.31. The average Bonchev–Trinajstić information content (AvgIpc) is 2.19. The number of piperidine rings is 1. The van der Waals surface area contributed by atoms with Crippen LogP contribution in [-0.2, 0) is 0 Å². The van der Waals surface area contributed by atoms with E-state index in [1.165, 1.54) is 24.8 Å². The van der Waals surface area contributed by atoms with Gasteiger partial charge < -0.3 is 10.4 Å². The Morgan fingerprint density at radius 3 is 2.86 bits per heavy atom. The Bertz CT molecular complexity index is 321. The second kappa shape index (κ2) is 4.32. The lowest BCUT2D eigenvalue weighted by molar-refractivity contribution is 0.410. The van der Waals surface area contributed by atoms with Crippen LogP contribution in [0.5, 0.6) is 5.75 Å². The first-order chi connectivity index (χ1) is 6.77. The van der Waals surface area contributed by atoms with Crippen LogP contribution in [0.2, 0.25) is 0 Å². The molecule has 0 saturated carbocycles. The van der Waals surface area contributed by atoms with E-state index >= 15 is 0 Å². The van der Waals surface area contributed by atoms with E-state index in [1.807, 2.05) is 6.07 Å². The number of halogens is 1. The van der Waals surface area contributed by atoms with Gasteiger partial charge >= 0.3 is 0 Å². The van der Waals surface area contributed by atoms with Crippen LogP contribution in [-0.4, -0.2) is 11.7 Å². The molecule has 0 aromatic heterocycles. The molecule has 0 aliphatic carbocycles. The highest BCUT2D eigenvalue weighted by atomic mass is 79.9. The van der Waals surface area contributed by atoms with Crippen LogP contribution < -0.4 is 5.32 Å². The van der Waals surface area contributed by atoms with Crippen LogP contribution in [0.25, 0.3) is 0 Å². The summed E-state index contributed by atoms with van der Waals surface area (Å²) >= 11 is 3.48. The summed E-state index contributed by atoms with van der Waals surface area (Å²) in [4.78, 5) is 0. The molecule has 14 heavy (non-hydrogen) atoms. The normalized spacial score (nSPS) is 22.2. The number of aromatic hydroxyl groups is 1. The molecule has 1 aromatic rings. The molecule has 1 atom stereocenters. The van der Waals surface area contributed by atoms with Crippen molar-refractivity contribution in [1.82, 2.24) is 5.32 Å². The maximum atomic E-state index is 9.29. The number of nitrogens with one attached hydrogen (secondary N) is 1. The molecule has 0 bridgehead atoms. The Hall–Kier alpha value is -0.540. The van der Waals surface area contributed by atoms with Crippen LogP contribution >= 0.6 is 15.9 Å². The van der Waals surface area contributed by atoms with Gasteiger partial charge in [-0.05, 0) is 37.1 Å². The summed E-state index contributed by atoms with van der Waals surface area (Å²) in [6.45, 7) is 1.10. The summed E-state index contributed by atoms with van der Waals surface area (Å²) in [7, 11) is 0. The van der Waals surface area contributed by atoms with Crippen molar-refractivity contribution in [2.24, 2.45) is 0 Å². The number of phenols is 1. The predicted octanol–water partition coefficient (Wildman–Crippen LogP) is 2.97. The smallest absolute Gasteiger partial charge is 0.116 e. The molecule has 1 aliphatic heterocycles. The minimum Gasteiger partial charge on any atom is -0.508 e. The first-order valence-electron chi connectivity index (χ1n) is 4.99. The van der Waals surface area contributed by atoms with E-state index in [-0.39, 0.29) is 0 Å². The summed E-state index contributed by atoms with van der Waals surface area (Å²) in [5.41, 5.74) is 1.25. The SMILES string of the molecule is Oc1ccc([C@@H]2CCCCN2)c(Br)c1. The fourth-order valence-corrected chi connectivity index (χ4v) is 2.56. The zero-order valence-corrected chi connectivity index (χ0v) is 9.55. The maximum absolute atomic E-state index is 9.29. The van der Waals surface area contributed by atoms with Gasteiger partial charge in [-0.2, -0.15) is 0 Å². The number of phenolic OH excluding ortho intramolecular Hbond substituents is 1. The third-order valence-electron chi connectivity index (χ3n) is 2.67. The number of benzene rings is 1. The van der Waals surface area contributed by atoms with Crippen LogP contribution in [0.15, 0.2) is 22.7 Å². The van der Waals surface area contributed by atoms with Crippen molar-refractivity contribution in [1.29, 1.82) is 0 Å². The molecule has 1 fully saturated rings. The molecular weight excluding hydrogens is 242 g/mol. The van der Waals surface area contributed by atoms with Crippen LogP contribution in [0.3, 0.4) is 0 Å². The van der Waals surface area contributed by atoms with Gasteiger partial charge in [-0.25, -0.2) is 0 Å². The Morgan fingerprint density at radius 1 is 1.36 bits per heavy atom. The quantitative estimate of drug-likeness (QED) is 0.809. The Morgan fingerprint density at radius 2 is 2.21 bits per heavy atom. The number of hydrogen-bond acceptors (Lipinski definition) is 2. The van der Waals surface area contributed by atoms with E-state index < -0.39 is 0 Å². The van der Waals surface area contributed by atoms with Crippen molar-refractivity contribution in [2.45, 2.75) is 25.3 Å². The second-order valence-electron chi connectivity index (χ2n) is 3.71. The first kappa shape index (κ1) is 9.99. The van der Waals surface area contributed by atoms with Crippen molar-refractivity contribution in [2.75, 3.05) is 6.54 Å². The number of rotatable bonds is 1. The predicted molar refractivity (Wildman–Crippen MR) is 60.4 cm³/mol. The number of hydrogen-bond donors (Lipinski definition) is 2. The molecule has 2 N–H and O–H groups in total. The molecular formula is C11H14BrNO. The van der Waals surface area contributed by atoms with E-state index in [0.29, 0.717) is 11.8 Å². The fraction of sp³-hybridized carbons (Fsp3) is 0.455. The summed E-state index contributed by atoms with van der Waals surface area (Å²) in [6, 6.07) is 5.93. The van der Waals surface area contributed by atoms with Crippen molar-refractivity contribution >= 4 is 15.9 Å².